The van der Waals surface area contributed by atoms with Gasteiger partial charge < -0.3 is 15.4 Å². The van der Waals surface area contributed by atoms with Crippen LogP contribution in [-0.2, 0) is 9.59 Å². The number of nitrogens with one attached hydrogen (secondary N) is 2. The second-order valence-electron chi connectivity index (χ2n) is 4.02. The van der Waals surface area contributed by atoms with E-state index in [0.717, 1.165) is 6.29 Å². The van der Waals surface area contributed by atoms with E-state index < -0.39 is 6.04 Å². The molecule has 4 nitrogen and oxygen atoms in total. The summed E-state index contributed by atoms with van der Waals surface area (Å²) in [7, 11) is 1.52. The van der Waals surface area contributed by atoms with Gasteiger partial charge in [-0.25, -0.2) is 4.39 Å². The Morgan fingerprint density at radius 2 is 2.05 bits per heavy atom. The Balaban J connectivity index is 0.00000172. The smallest absolute Gasteiger partial charge is 0.242 e. The van der Waals surface area contributed by atoms with Gasteiger partial charge in [-0.05, 0) is 31.0 Å². The first-order valence-corrected chi connectivity index (χ1v) is 6.76. The van der Waals surface area contributed by atoms with Crippen LogP contribution in [0.25, 0.3) is 0 Å². The maximum absolute atomic E-state index is 13.4. The van der Waals surface area contributed by atoms with Gasteiger partial charge in [-0.3, -0.25) is 4.79 Å². The summed E-state index contributed by atoms with van der Waals surface area (Å²) < 4.78 is 13.4. The molecule has 0 aliphatic carbocycles. The maximum atomic E-state index is 13.4. The Hall–Kier alpha value is -1.91. The van der Waals surface area contributed by atoms with E-state index in [4.69, 9.17) is 0 Å². The summed E-state index contributed by atoms with van der Waals surface area (Å²) in [5.41, 5.74) is 1.07. The summed E-state index contributed by atoms with van der Waals surface area (Å²) in [6, 6.07) is 4.14. The minimum Gasteiger partial charge on any atom is -0.374 e. The number of hydrogen-bond acceptors (Lipinski definition) is 3. The minimum absolute atomic E-state index is 0.224. The molecule has 0 aromatic heterocycles. The van der Waals surface area contributed by atoms with E-state index in [1.807, 2.05) is 13.8 Å². The second-order valence-corrected chi connectivity index (χ2v) is 4.02. The van der Waals surface area contributed by atoms with Gasteiger partial charge in [-0.2, -0.15) is 0 Å². The lowest BCUT2D eigenvalue weighted by molar-refractivity contribution is -0.121. The third kappa shape index (κ3) is 5.82. The number of carbonyl (C=O) groups is 2. The number of halogens is 1. The molecule has 5 heteroatoms. The molecule has 2 N–H and O–H groups in total. The van der Waals surface area contributed by atoms with Crippen LogP contribution in [0.2, 0.25) is 0 Å². The van der Waals surface area contributed by atoms with Crippen molar-refractivity contribution >= 4 is 17.9 Å². The Labute approximate surface area is 119 Å². The number of rotatable bonds is 6. The Morgan fingerprint density at radius 1 is 1.40 bits per heavy atom. The summed E-state index contributed by atoms with van der Waals surface area (Å²) in [6.07, 6.45) is 1.41. The first-order valence-electron chi connectivity index (χ1n) is 6.76. The van der Waals surface area contributed by atoms with Crippen LogP contribution in [0.4, 0.5) is 10.1 Å². The molecule has 0 heterocycles. The van der Waals surface area contributed by atoms with Crippen molar-refractivity contribution in [2.75, 3.05) is 12.4 Å². The molecule has 0 aliphatic heterocycles. The van der Waals surface area contributed by atoms with Crippen LogP contribution in [0.3, 0.4) is 0 Å². The third-order valence-corrected chi connectivity index (χ3v) is 2.65. The maximum Gasteiger partial charge on any atom is 0.242 e. The van der Waals surface area contributed by atoms with Gasteiger partial charge in [0.05, 0.1) is 0 Å². The lowest BCUT2D eigenvalue weighted by Crippen LogP contribution is -2.37. The summed E-state index contributed by atoms with van der Waals surface area (Å²) >= 11 is 0. The van der Waals surface area contributed by atoms with E-state index >= 15 is 0 Å². The van der Waals surface area contributed by atoms with Crippen LogP contribution < -0.4 is 10.6 Å². The molecule has 1 unspecified atom stereocenters. The molecule has 20 heavy (non-hydrogen) atoms. The Morgan fingerprint density at radius 3 is 2.55 bits per heavy atom. The predicted octanol–water partition coefficient (Wildman–Crippen LogP) is 2.67. The van der Waals surface area contributed by atoms with Gasteiger partial charge >= 0.3 is 0 Å². The van der Waals surface area contributed by atoms with Crippen molar-refractivity contribution < 1.29 is 14.0 Å². The summed E-state index contributed by atoms with van der Waals surface area (Å²) in [5.74, 6) is -0.552. The van der Waals surface area contributed by atoms with Gasteiger partial charge in [-0.1, -0.05) is 19.9 Å². The van der Waals surface area contributed by atoms with Crippen LogP contribution in [-0.4, -0.2) is 25.3 Å². The van der Waals surface area contributed by atoms with Crippen molar-refractivity contribution in [2.24, 2.45) is 0 Å². The molecule has 0 bridgehead atoms. The standard InChI is InChI=1S/C13H17FN2O2.C2H6/c1-9-5-6-10(8-11(9)14)16-12(4-3-7-17)13(18)15-2;1-2/h5-8,12,16H,3-4H2,1-2H3,(H,15,18);1-2H3. The van der Waals surface area contributed by atoms with Crippen molar-refractivity contribution in [3.8, 4) is 0 Å². The normalized spacial score (nSPS) is 10.8. The summed E-state index contributed by atoms with van der Waals surface area (Å²) in [6.45, 7) is 5.67. The average molecular weight is 282 g/mol. The summed E-state index contributed by atoms with van der Waals surface area (Å²) in [5, 5.41) is 5.43. The van der Waals surface area contributed by atoms with E-state index in [-0.39, 0.29) is 18.1 Å². The lowest BCUT2D eigenvalue weighted by atomic mass is 10.1. The van der Waals surface area contributed by atoms with Gasteiger partial charge in [0, 0.05) is 19.2 Å². The highest BCUT2D eigenvalue weighted by atomic mass is 19.1. The predicted molar refractivity (Wildman–Crippen MR) is 79.3 cm³/mol. The van der Waals surface area contributed by atoms with Gasteiger partial charge in [0.2, 0.25) is 5.91 Å². The topological polar surface area (TPSA) is 58.2 Å². The molecular formula is C15H23FN2O2. The zero-order valence-corrected chi connectivity index (χ0v) is 12.5. The van der Waals surface area contributed by atoms with Crippen LogP contribution in [0, 0.1) is 12.7 Å². The molecule has 0 spiro atoms. The number of likely N-dealkylation sites (N-methyl/N-ethyl adjacent to an activating group) is 1. The Kier molecular flexibility index (Phi) is 9.00. The fourth-order valence-corrected chi connectivity index (χ4v) is 1.56. The number of hydrogen-bond donors (Lipinski definition) is 2. The number of benzene rings is 1. The van der Waals surface area contributed by atoms with E-state index in [0.29, 0.717) is 17.7 Å². The molecule has 0 saturated heterocycles. The molecule has 1 aromatic carbocycles. The van der Waals surface area contributed by atoms with Crippen molar-refractivity contribution in [3.05, 3.63) is 29.6 Å². The van der Waals surface area contributed by atoms with Gasteiger partial charge in [0.15, 0.2) is 0 Å². The van der Waals surface area contributed by atoms with Crippen LogP contribution in [0.15, 0.2) is 18.2 Å². The first kappa shape index (κ1) is 18.1. The highest BCUT2D eigenvalue weighted by Crippen LogP contribution is 2.15. The molecule has 0 aliphatic rings. The van der Waals surface area contributed by atoms with E-state index in [2.05, 4.69) is 10.6 Å². The van der Waals surface area contributed by atoms with Crippen molar-refractivity contribution in [2.45, 2.75) is 39.7 Å². The van der Waals surface area contributed by atoms with Crippen LogP contribution in [0.5, 0.6) is 0 Å². The van der Waals surface area contributed by atoms with Gasteiger partial charge in [-0.15, -0.1) is 0 Å². The molecule has 1 rings (SSSR count). The Bertz CT molecular complexity index is 436. The number of carbonyl (C=O) groups excluding carboxylic acids is 2. The van der Waals surface area contributed by atoms with Gasteiger partial charge in [0.25, 0.3) is 0 Å². The molecule has 1 aromatic rings. The van der Waals surface area contributed by atoms with E-state index in [1.165, 1.54) is 13.1 Å². The number of anilines is 1. The number of amides is 1. The highest BCUT2D eigenvalue weighted by molar-refractivity contribution is 5.84. The van der Waals surface area contributed by atoms with Crippen molar-refractivity contribution in [3.63, 3.8) is 0 Å². The van der Waals surface area contributed by atoms with Crippen LogP contribution >= 0.6 is 0 Å². The fourth-order valence-electron chi connectivity index (χ4n) is 1.56. The molecular weight excluding hydrogens is 259 g/mol. The largest absolute Gasteiger partial charge is 0.374 e. The highest BCUT2D eigenvalue weighted by Gasteiger charge is 2.16. The average Bonchev–Trinajstić information content (AvgIpc) is 2.48. The summed E-state index contributed by atoms with van der Waals surface area (Å²) in [4.78, 5) is 21.9. The molecule has 1 amide bonds. The van der Waals surface area contributed by atoms with Crippen molar-refractivity contribution in [1.29, 1.82) is 0 Å². The second kappa shape index (κ2) is 9.95. The lowest BCUT2D eigenvalue weighted by Gasteiger charge is -2.17. The molecule has 0 radical (unpaired) electrons. The quantitative estimate of drug-likeness (QED) is 0.789. The van der Waals surface area contributed by atoms with E-state index in [9.17, 15) is 14.0 Å². The monoisotopic (exact) mass is 282 g/mol. The van der Waals surface area contributed by atoms with Crippen molar-refractivity contribution in [1.82, 2.24) is 5.32 Å². The minimum atomic E-state index is -0.540. The molecule has 1 atom stereocenters. The number of aryl methyl sites for hydroxylation is 1. The van der Waals surface area contributed by atoms with E-state index in [1.54, 1.807) is 19.1 Å². The fraction of sp³-hybridized carbons (Fsp3) is 0.467. The molecule has 0 saturated carbocycles. The zero-order chi connectivity index (χ0) is 15.5. The number of aldehydes is 1. The van der Waals surface area contributed by atoms with Crippen LogP contribution in [0.1, 0.15) is 32.3 Å². The van der Waals surface area contributed by atoms with Gasteiger partial charge in [0.1, 0.15) is 18.1 Å². The zero-order valence-electron chi connectivity index (χ0n) is 12.5. The molecule has 112 valence electrons. The first-order chi connectivity index (χ1) is 9.58. The SMILES string of the molecule is CC.CNC(=O)C(CCC=O)Nc1ccc(C)c(F)c1. The third-order valence-electron chi connectivity index (χ3n) is 2.65. The molecule has 0 fully saturated rings.